The van der Waals surface area contributed by atoms with Gasteiger partial charge in [0, 0.05) is 54.9 Å². The molecule has 9 nitrogen and oxygen atoms in total. The van der Waals surface area contributed by atoms with E-state index < -0.39 is 5.82 Å². The van der Waals surface area contributed by atoms with Gasteiger partial charge in [0.1, 0.15) is 47.5 Å². The summed E-state index contributed by atoms with van der Waals surface area (Å²) in [6.07, 6.45) is 6.56. The van der Waals surface area contributed by atoms with Crippen LogP contribution in [0.3, 0.4) is 0 Å². The number of halogens is 1. The fraction of sp³-hybridized carbons (Fsp3) is 0.214. The first-order valence-electron chi connectivity index (χ1n) is 12.3. The number of hydrogen-bond acceptors (Lipinski definition) is 8. The highest BCUT2D eigenvalue weighted by atomic mass is 19.1. The van der Waals surface area contributed by atoms with E-state index in [9.17, 15) is 4.39 Å². The van der Waals surface area contributed by atoms with Crippen LogP contribution in [-0.4, -0.2) is 37.9 Å². The SMILES string of the molecule is Nc1ncnc2c1c(-c1ccc(Oc3cc(F)cc(OCc4cccnc4)c3)cc1)nn2C1CCOCC1. The molecule has 2 aromatic carbocycles. The average Bonchev–Trinajstić information content (AvgIpc) is 3.34. The molecule has 0 radical (unpaired) electrons. The number of ether oxygens (including phenoxy) is 3. The molecular weight excluding hydrogens is 487 g/mol. The first-order chi connectivity index (χ1) is 18.6. The van der Waals surface area contributed by atoms with Crippen LogP contribution in [0.4, 0.5) is 10.2 Å². The molecule has 1 aliphatic heterocycles. The van der Waals surface area contributed by atoms with Crippen molar-refractivity contribution in [2.45, 2.75) is 25.5 Å². The van der Waals surface area contributed by atoms with Gasteiger partial charge in [-0.1, -0.05) is 6.07 Å². The van der Waals surface area contributed by atoms with Gasteiger partial charge in [0.05, 0.1) is 11.4 Å². The van der Waals surface area contributed by atoms with Crippen LogP contribution in [0, 0.1) is 5.82 Å². The van der Waals surface area contributed by atoms with Crippen molar-refractivity contribution < 1.29 is 18.6 Å². The van der Waals surface area contributed by atoms with Crippen molar-refractivity contribution in [1.82, 2.24) is 24.7 Å². The highest BCUT2D eigenvalue weighted by molar-refractivity contribution is 5.98. The minimum absolute atomic E-state index is 0.180. The first kappa shape index (κ1) is 23.8. The van der Waals surface area contributed by atoms with Crippen molar-refractivity contribution in [1.29, 1.82) is 0 Å². The van der Waals surface area contributed by atoms with Gasteiger partial charge in [0.2, 0.25) is 0 Å². The summed E-state index contributed by atoms with van der Waals surface area (Å²) < 4.78 is 33.4. The topological polar surface area (TPSA) is 110 Å². The zero-order valence-electron chi connectivity index (χ0n) is 20.5. The Labute approximate surface area is 218 Å². The summed E-state index contributed by atoms with van der Waals surface area (Å²) in [5.41, 5.74) is 9.39. The van der Waals surface area contributed by atoms with E-state index in [2.05, 4.69) is 15.0 Å². The van der Waals surface area contributed by atoms with E-state index in [-0.39, 0.29) is 12.6 Å². The Morgan fingerprint density at radius 3 is 2.61 bits per heavy atom. The normalized spacial score (nSPS) is 14.0. The number of pyridine rings is 1. The Hall–Kier alpha value is -4.57. The molecule has 0 unspecified atom stereocenters. The number of nitrogens with two attached hydrogens (primary N) is 1. The Bertz CT molecular complexity index is 1550. The number of nitrogens with zero attached hydrogens (tertiary/aromatic N) is 5. The molecule has 192 valence electrons. The first-order valence-corrected chi connectivity index (χ1v) is 12.3. The third-order valence-electron chi connectivity index (χ3n) is 6.39. The average molecular weight is 513 g/mol. The molecule has 2 N–H and O–H groups in total. The molecule has 0 atom stereocenters. The maximum atomic E-state index is 14.3. The monoisotopic (exact) mass is 512 g/mol. The lowest BCUT2D eigenvalue weighted by Crippen LogP contribution is -2.20. The molecule has 1 fully saturated rings. The largest absolute Gasteiger partial charge is 0.489 e. The van der Waals surface area contributed by atoms with Crippen molar-refractivity contribution in [3.05, 3.63) is 84.7 Å². The highest BCUT2D eigenvalue weighted by Gasteiger charge is 2.24. The lowest BCUT2D eigenvalue weighted by atomic mass is 10.1. The number of rotatable bonds is 7. The third-order valence-corrected chi connectivity index (χ3v) is 6.39. The van der Waals surface area contributed by atoms with Gasteiger partial charge in [0.15, 0.2) is 5.65 Å². The Morgan fingerprint density at radius 1 is 1.00 bits per heavy atom. The molecule has 4 heterocycles. The number of anilines is 1. The predicted octanol–water partition coefficient (Wildman–Crippen LogP) is 5.33. The van der Waals surface area contributed by atoms with Crippen molar-refractivity contribution in [3.8, 4) is 28.5 Å². The molecule has 1 aliphatic rings. The molecule has 10 heteroatoms. The number of fused-ring (bicyclic) bond motifs is 1. The van der Waals surface area contributed by atoms with Crippen molar-refractivity contribution in [2.75, 3.05) is 18.9 Å². The molecule has 0 bridgehead atoms. The molecule has 0 spiro atoms. The summed E-state index contributed by atoms with van der Waals surface area (Å²) in [7, 11) is 0. The Balaban J connectivity index is 1.24. The van der Waals surface area contributed by atoms with E-state index >= 15 is 0 Å². The van der Waals surface area contributed by atoms with Crippen LogP contribution in [0.5, 0.6) is 17.2 Å². The molecule has 0 saturated carbocycles. The molecule has 3 aromatic heterocycles. The van der Waals surface area contributed by atoms with E-state index in [1.165, 1.54) is 18.5 Å². The van der Waals surface area contributed by atoms with Crippen LogP contribution in [0.2, 0.25) is 0 Å². The number of nitrogen functional groups attached to an aromatic ring is 1. The van der Waals surface area contributed by atoms with Gasteiger partial charge in [0.25, 0.3) is 0 Å². The summed E-state index contributed by atoms with van der Waals surface area (Å²) in [6.45, 7) is 1.64. The third kappa shape index (κ3) is 4.98. The molecule has 5 aromatic rings. The highest BCUT2D eigenvalue weighted by Crippen LogP contribution is 2.35. The number of aromatic nitrogens is 5. The van der Waals surface area contributed by atoms with Gasteiger partial charge in [-0.25, -0.2) is 19.0 Å². The second-order valence-corrected chi connectivity index (χ2v) is 8.99. The van der Waals surface area contributed by atoms with Crippen LogP contribution >= 0.6 is 0 Å². The quantitative estimate of drug-likeness (QED) is 0.311. The van der Waals surface area contributed by atoms with Crippen LogP contribution in [0.25, 0.3) is 22.3 Å². The maximum Gasteiger partial charge on any atom is 0.164 e. The second-order valence-electron chi connectivity index (χ2n) is 8.99. The fourth-order valence-corrected chi connectivity index (χ4v) is 4.53. The Kier molecular flexibility index (Phi) is 6.53. The minimum atomic E-state index is -0.457. The summed E-state index contributed by atoms with van der Waals surface area (Å²) >= 11 is 0. The van der Waals surface area contributed by atoms with Crippen LogP contribution < -0.4 is 15.2 Å². The van der Waals surface area contributed by atoms with E-state index in [4.69, 9.17) is 25.0 Å². The maximum absolute atomic E-state index is 14.3. The lowest BCUT2D eigenvalue weighted by molar-refractivity contribution is 0.0674. The molecule has 6 rings (SSSR count). The zero-order chi connectivity index (χ0) is 25.9. The summed E-state index contributed by atoms with van der Waals surface area (Å²) in [5.74, 6) is 1.14. The van der Waals surface area contributed by atoms with Crippen molar-refractivity contribution in [2.24, 2.45) is 0 Å². The van der Waals surface area contributed by atoms with Crippen LogP contribution in [0.15, 0.2) is 73.3 Å². The van der Waals surface area contributed by atoms with E-state index in [0.29, 0.717) is 53.0 Å². The molecule has 0 aliphatic carbocycles. The van der Waals surface area contributed by atoms with Gasteiger partial charge in [-0.15, -0.1) is 0 Å². The standard InChI is InChI=1S/C28H25FN6O3/c29-20-12-23(37-16-18-2-1-9-31-15-18)14-24(13-20)38-22-5-3-19(4-6-22)26-25-27(30)32-17-33-28(25)35(34-26)21-7-10-36-11-8-21/h1-6,9,12-15,17,21H,7-8,10-11,16H2,(H2,30,32,33). The van der Waals surface area contributed by atoms with Crippen LogP contribution in [-0.2, 0) is 11.3 Å². The van der Waals surface area contributed by atoms with Crippen molar-refractivity contribution in [3.63, 3.8) is 0 Å². The summed E-state index contributed by atoms with van der Waals surface area (Å²) in [6, 6.07) is 15.5. The molecule has 38 heavy (non-hydrogen) atoms. The predicted molar refractivity (Wildman–Crippen MR) is 139 cm³/mol. The van der Waals surface area contributed by atoms with Gasteiger partial charge >= 0.3 is 0 Å². The second kappa shape index (κ2) is 10.4. The smallest absolute Gasteiger partial charge is 0.164 e. The van der Waals surface area contributed by atoms with E-state index in [0.717, 1.165) is 24.0 Å². The van der Waals surface area contributed by atoms with Gasteiger partial charge < -0.3 is 19.9 Å². The van der Waals surface area contributed by atoms with Gasteiger partial charge in [-0.3, -0.25) is 4.98 Å². The van der Waals surface area contributed by atoms with Gasteiger partial charge in [-0.05, 0) is 43.2 Å². The number of benzene rings is 2. The van der Waals surface area contributed by atoms with E-state index in [1.807, 2.05) is 28.9 Å². The van der Waals surface area contributed by atoms with Crippen molar-refractivity contribution >= 4 is 16.9 Å². The lowest BCUT2D eigenvalue weighted by Gasteiger charge is -2.22. The molecular formula is C28H25FN6O3. The molecule has 0 amide bonds. The number of hydrogen-bond donors (Lipinski definition) is 1. The fourth-order valence-electron chi connectivity index (χ4n) is 4.53. The molecule has 1 saturated heterocycles. The Morgan fingerprint density at radius 2 is 1.82 bits per heavy atom. The zero-order valence-corrected chi connectivity index (χ0v) is 20.5. The van der Waals surface area contributed by atoms with Crippen LogP contribution in [0.1, 0.15) is 24.4 Å². The summed E-state index contributed by atoms with van der Waals surface area (Å²) in [5, 5.41) is 5.61. The minimum Gasteiger partial charge on any atom is -0.489 e. The van der Waals surface area contributed by atoms with E-state index in [1.54, 1.807) is 30.6 Å². The summed E-state index contributed by atoms with van der Waals surface area (Å²) in [4.78, 5) is 12.7. The van der Waals surface area contributed by atoms with Gasteiger partial charge in [-0.2, -0.15) is 5.10 Å².